The molecule has 134 valence electrons. The van der Waals surface area contributed by atoms with Crippen LogP contribution in [0.1, 0.15) is 6.42 Å². The van der Waals surface area contributed by atoms with Crippen LogP contribution < -0.4 is 21.0 Å². The minimum atomic E-state index is -3.25. The highest BCUT2D eigenvalue weighted by Gasteiger charge is 2.29. The van der Waals surface area contributed by atoms with Crippen LogP contribution in [-0.2, 0) is 11.1 Å². The Morgan fingerprint density at radius 3 is 2.15 bits per heavy atom. The summed E-state index contributed by atoms with van der Waals surface area (Å²) < 4.78 is 15.6. The van der Waals surface area contributed by atoms with E-state index in [1.54, 1.807) is 36.8 Å². The molecule has 1 aromatic heterocycles. The number of carbonyl (C=O) groups is 1. The van der Waals surface area contributed by atoms with Crippen molar-refractivity contribution in [3.05, 3.63) is 79.4 Å². The van der Waals surface area contributed by atoms with Crippen LogP contribution in [0.4, 0.5) is 4.79 Å². The first-order valence-electron chi connectivity index (χ1n) is 8.41. The van der Waals surface area contributed by atoms with E-state index in [1.807, 2.05) is 47.2 Å². The van der Waals surface area contributed by atoms with E-state index in [0.717, 1.165) is 13.0 Å². The first-order valence-corrected chi connectivity index (χ1v) is 10.1. The Morgan fingerprint density at radius 2 is 1.62 bits per heavy atom. The number of nitrogens with zero attached hydrogens (tertiary/aromatic N) is 2. The van der Waals surface area contributed by atoms with Gasteiger partial charge in [0.2, 0.25) is 7.29 Å². The molecule has 0 aliphatic rings. The Balaban J connectivity index is 1.66. The number of nitrogens with one attached hydrogen (secondary N) is 2. The van der Waals surface area contributed by atoms with Gasteiger partial charge in [-0.15, -0.1) is 0 Å². The summed E-state index contributed by atoms with van der Waals surface area (Å²) >= 11 is 0. The summed E-state index contributed by atoms with van der Waals surface area (Å²) in [5, 5.41) is 6.68. The third-order valence-electron chi connectivity index (χ3n) is 3.94. The predicted octanol–water partition coefficient (Wildman–Crippen LogP) is 2.50. The number of aryl methyl sites for hydroxylation is 1. The number of aromatic nitrogens is 2. The van der Waals surface area contributed by atoms with Gasteiger partial charge in [0.1, 0.15) is 0 Å². The molecule has 2 N–H and O–H groups in total. The van der Waals surface area contributed by atoms with Gasteiger partial charge in [0.15, 0.2) is 0 Å². The molecule has 26 heavy (non-hydrogen) atoms. The highest BCUT2D eigenvalue weighted by molar-refractivity contribution is 7.77. The smallest absolute Gasteiger partial charge is 0.320 e. The number of hydrogen-bond donors (Lipinski definition) is 2. The quantitative estimate of drug-likeness (QED) is 0.497. The van der Waals surface area contributed by atoms with Gasteiger partial charge in [0.25, 0.3) is 0 Å². The fourth-order valence-electron chi connectivity index (χ4n) is 2.62. The van der Waals surface area contributed by atoms with E-state index >= 15 is 0 Å². The summed E-state index contributed by atoms with van der Waals surface area (Å²) in [6.07, 6.45) is 6.08. The van der Waals surface area contributed by atoms with Gasteiger partial charge >= 0.3 is 6.03 Å². The average Bonchev–Trinajstić information content (AvgIpc) is 3.20. The van der Waals surface area contributed by atoms with Crippen molar-refractivity contribution >= 4 is 23.9 Å². The van der Waals surface area contributed by atoms with Crippen molar-refractivity contribution in [2.24, 2.45) is 0 Å². The Morgan fingerprint density at radius 1 is 1.00 bits per heavy atom. The Hall–Kier alpha value is -2.85. The van der Waals surface area contributed by atoms with E-state index in [-0.39, 0.29) is 0 Å². The molecule has 0 radical (unpaired) electrons. The summed E-state index contributed by atoms with van der Waals surface area (Å²) in [7, 11) is -3.25. The van der Waals surface area contributed by atoms with Crippen LogP contribution >= 0.6 is 7.29 Å². The molecule has 2 aromatic carbocycles. The topological polar surface area (TPSA) is 76.0 Å². The van der Waals surface area contributed by atoms with Crippen molar-refractivity contribution in [3.63, 3.8) is 0 Å². The second kappa shape index (κ2) is 8.50. The molecule has 1 heterocycles. The lowest BCUT2D eigenvalue weighted by molar-refractivity contribution is 0.245. The molecule has 0 aliphatic heterocycles. The monoisotopic (exact) mass is 368 g/mol. The molecule has 3 aromatic rings. The summed E-state index contributed by atoms with van der Waals surface area (Å²) in [5.74, 6) is 0. The normalized spacial score (nSPS) is 11.1. The molecule has 6 nitrogen and oxygen atoms in total. The molecule has 0 saturated carbocycles. The van der Waals surface area contributed by atoms with Crippen LogP contribution in [0.25, 0.3) is 0 Å². The van der Waals surface area contributed by atoms with Gasteiger partial charge in [0.05, 0.1) is 6.33 Å². The maximum Gasteiger partial charge on any atom is 0.320 e. The first-order chi connectivity index (χ1) is 12.7. The maximum atomic E-state index is 13.7. The minimum Gasteiger partial charge on any atom is -0.338 e. The standard InChI is InChI=1S/C19H21N4O2P/c24-19(21-12-7-14-23-15-13-20-16-23)22-26(25,17-8-3-1-4-9-17)18-10-5-2-6-11-18/h1-6,8-11,13,15-16H,7,12,14H2,(H2,21,22,24,25). The number of amides is 2. The van der Waals surface area contributed by atoms with E-state index in [2.05, 4.69) is 15.4 Å². The van der Waals surface area contributed by atoms with Gasteiger partial charge in [0, 0.05) is 36.1 Å². The molecule has 3 rings (SSSR count). The lowest BCUT2D eigenvalue weighted by Crippen LogP contribution is -2.39. The van der Waals surface area contributed by atoms with E-state index in [1.165, 1.54) is 0 Å². The predicted molar refractivity (Wildman–Crippen MR) is 103 cm³/mol. The molecule has 0 saturated heterocycles. The molecule has 0 bridgehead atoms. The molecular formula is C19H21N4O2P. The molecule has 0 fully saturated rings. The largest absolute Gasteiger partial charge is 0.338 e. The lowest BCUT2D eigenvalue weighted by atomic mass is 10.4. The SMILES string of the molecule is O=C(NCCCn1ccnc1)NP(=O)(c1ccccc1)c1ccccc1. The number of carbonyl (C=O) groups excluding carboxylic acids is 1. The Bertz CT molecular complexity index is 824. The summed E-state index contributed by atoms with van der Waals surface area (Å²) in [5.41, 5.74) is 0. The number of rotatable bonds is 7. The van der Waals surface area contributed by atoms with Crippen LogP contribution in [0.5, 0.6) is 0 Å². The van der Waals surface area contributed by atoms with Gasteiger partial charge in [-0.2, -0.15) is 0 Å². The molecule has 2 amide bonds. The van der Waals surface area contributed by atoms with Crippen molar-refractivity contribution < 1.29 is 9.36 Å². The third kappa shape index (κ3) is 4.41. The van der Waals surface area contributed by atoms with Gasteiger partial charge in [-0.3, -0.25) is 9.65 Å². The minimum absolute atomic E-state index is 0.438. The van der Waals surface area contributed by atoms with E-state index in [0.29, 0.717) is 17.2 Å². The summed E-state index contributed by atoms with van der Waals surface area (Å²) in [6, 6.07) is 17.6. The van der Waals surface area contributed by atoms with E-state index in [4.69, 9.17) is 0 Å². The third-order valence-corrected chi connectivity index (χ3v) is 6.51. The zero-order valence-corrected chi connectivity index (χ0v) is 15.2. The van der Waals surface area contributed by atoms with Crippen molar-refractivity contribution in [1.82, 2.24) is 20.0 Å². The van der Waals surface area contributed by atoms with Gasteiger partial charge in [-0.1, -0.05) is 36.4 Å². The van der Waals surface area contributed by atoms with Crippen LogP contribution in [-0.4, -0.2) is 22.1 Å². The summed E-state index contributed by atoms with van der Waals surface area (Å²) in [4.78, 5) is 16.3. The molecule has 0 unspecified atom stereocenters. The van der Waals surface area contributed by atoms with Gasteiger partial charge < -0.3 is 9.88 Å². The number of hydrogen-bond acceptors (Lipinski definition) is 3. The van der Waals surface area contributed by atoms with Crippen LogP contribution in [0.15, 0.2) is 79.4 Å². The second-order valence-electron chi connectivity index (χ2n) is 5.80. The summed E-state index contributed by atoms with van der Waals surface area (Å²) in [6.45, 7) is 1.24. The van der Waals surface area contributed by atoms with Crippen molar-refractivity contribution in [1.29, 1.82) is 0 Å². The number of benzene rings is 2. The highest BCUT2D eigenvalue weighted by Crippen LogP contribution is 2.38. The zero-order valence-electron chi connectivity index (χ0n) is 14.3. The molecule has 0 atom stereocenters. The molecule has 0 aliphatic carbocycles. The van der Waals surface area contributed by atoms with E-state index < -0.39 is 13.3 Å². The fourth-order valence-corrected chi connectivity index (χ4v) is 4.72. The molecule has 0 spiro atoms. The van der Waals surface area contributed by atoms with Crippen LogP contribution in [0, 0.1) is 0 Å². The van der Waals surface area contributed by atoms with E-state index in [9.17, 15) is 9.36 Å². The van der Waals surface area contributed by atoms with Crippen molar-refractivity contribution in [3.8, 4) is 0 Å². The number of urea groups is 1. The number of imidazole rings is 1. The Kier molecular flexibility index (Phi) is 5.87. The Labute approximate surface area is 152 Å². The van der Waals surface area contributed by atoms with Gasteiger partial charge in [-0.25, -0.2) is 9.78 Å². The highest BCUT2D eigenvalue weighted by atomic mass is 31.2. The average molecular weight is 368 g/mol. The van der Waals surface area contributed by atoms with Gasteiger partial charge in [-0.05, 0) is 30.7 Å². The molecule has 7 heteroatoms. The maximum absolute atomic E-state index is 13.7. The van der Waals surface area contributed by atoms with Crippen LogP contribution in [0.3, 0.4) is 0 Å². The zero-order chi connectivity index (χ0) is 18.2. The molecular weight excluding hydrogens is 347 g/mol. The van der Waals surface area contributed by atoms with Crippen molar-refractivity contribution in [2.45, 2.75) is 13.0 Å². The fraction of sp³-hybridized carbons (Fsp3) is 0.158. The van der Waals surface area contributed by atoms with Crippen molar-refractivity contribution in [2.75, 3.05) is 6.54 Å². The lowest BCUT2D eigenvalue weighted by Gasteiger charge is -2.20. The van der Waals surface area contributed by atoms with Crippen LogP contribution in [0.2, 0.25) is 0 Å². The second-order valence-corrected chi connectivity index (χ2v) is 8.28. The first kappa shape index (κ1) is 18.0.